The summed E-state index contributed by atoms with van der Waals surface area (Å²) in [7, 11) is 1.30. The van der Waals surface area contributed by atoms with E-state index in [4.69, 9.17) is 4.74 Å². The molecule has 2 amide bonds. The summed E-state index contributed by atoms with van der Waals surface area (Å²) < 4.78 is 4.73. The number of rotatable bonds is 4. The molecular weight excluding hydrogens is 298 g/mol. The number of aromatic amines is 1. The first-order chi connectivity index (χ1) is 10.9. The fraction of sp³-hybridized carbons (Fsp3) is 0.562. The first kappa shape index (κ1) is 17.1. The van der Waals surface area contributed by atoms with Gasteiger partial charge in [-0.2, -0.15) is 0 Å². The molecule has 7 heteroatoms. The minimum atomic E-state index is -0.606. The molecule has 1 aliphatic rings. The minimum absolute atomic E-state index is 0.0787. The lowest BCUT2D eigenvalue weighted by molar-refractivity contribution is -0.131. The third-order valence-corrected chi connectivity index (χ3v) is 4.19. The maximum absolute atomic E-state index is 12.4. The van der Waals surface area contributed by atoms with Crippen molar-refractivity contribution in [3.05, 3.63) is 22.5 Å². The van der Waals surface area contributed by atoms with E-state index < -0.39 is 17.9 Å². The number of likely N-dealkylation sites (tertiary alicyclic amines) is 1. The molecule has 1 aliphatic heterocycles. The summed E-state index contributed by atoms with van der Waals surface area (Å²) >= 11 is 0. The average Bonchev–Trinajstić information content (AvgIpc) is 3.14. The molecule has 1 atom stereocenters. The number of carbonyl (C=O) groups excluding carboxylic acids is 3. The lowest BCUT2D eigenvalue weighted by Crippen LogP contribution is -2.46. The Kier molecular flexibility index (Phi) is 5.08. The SMILES string of the molecule is COC(=O)c1c(C)[nH]c(C(=O)N[C@H](C)C(=O)N2CCCC2)c1C. The van der Waals surface area contributed by atoms with E-state index in [1.54, 1.807) is 25.7 Å². The number of esters is 1. The number of H-pyrrole nitrogens is 1. The van der Waals surface area contributed by atoms with Crippen LogP contribution in [0.15, 0.2) is 0 Å². The molecular formula is C16H23N3O4. The van der Waals surface area contributed by atoms with E-state index in [1.165, 1.54) is 7.11 Å². The predicted octanol–water partition coefficient (Wildman–Crippen LogP) is 1.16. The highest BCUT2D eigenvalue weighted by molar-refractivity contribution is 6.01. The van der Waals surface area contributed by atoms with Gasteiger partial charge in [-0.1, -0.05) is 0 Å². The van der Waals surface area contributed by atoms with E-state index in [9.17, 15) is 14.4 Å². The number of carbonyl (C=O) groups is 3. The molecule has 2 N–H and O–H groups in total. The molecule has 0 aliphatic carbocycles. The van der Waals surface area contributed by atoms with Crippen molar-refractivity contribution in [1.82, 2.24) is 15.2 Å². The maximum Gasteiger partial charge on any atom is 0.339 e. The Labute approximate surface area is 135 Å². The zero-order valence-electron chi connectivity index (χ0n) is 14.0. The molecule has 0 radical (unpaired) electrons. The van der Waals surface area contributed by atoms with E-state index in [1.807, 2.05) is 0 Å². The highest BCUT2D eigenvalue weighted by Crippen LogP contribution is 2.19. The van der Waals surface area contributed by atoms with Crippen molar-refractivity contribution in [3.63, 3.8) is 0 Å². The highest BCUT2D eigenvalue weighted by atomic mass is 16.5. The second-order valence-corrected chi connectivity index (χ2v) is 5.84. The highest BCUT2D eigenvalue weighted by Gasteiger charge is 2.27. The van der Waals surface area contributed by atoms with Gasteiger partial charge in [-0.15, -0.1) is 0 Å². The summed E-state index contributed by atoms with van der Waals surface area (Å²) in [5.41, 5.74) is 1.73. The van der Waals surface area contributed by atoms with Crippen molar-refractivity contribution < 1.29 is 19.1 Å². The summed E-state index contributed by atoms with van der Waals surface area (Å²) in [5, 5.41) is 2.70. The lowest BCUT2D eigenvalue weighted by atomic mass is 10.1. The molecule has 126 valence electrons. The van der Waals surface area contributed by atoms with Crippen molar-refractivity contribution in [1.29, 1.82) is 0 Å². The molecule has 0 bridgehead atoms. The minimum Gasteiger partial charge on any atom is -0.465 e. The summed E-state index contributed by atoms with van der Waals surface area (Å²) in [6, 6.07) is -0.606. The van der Waals surface area contributed by atoms with Gasteiger partial charge in [-0.3, -0.25) is 9.59 Å². The van der Waals surface area contributed by atoms with Gasteiger partial charge in [0.05, 0.1) is 12.7 Å². The van der Waals surface area contributed by atoms with Crippen molar-refractivity contribution in [2.24, 2.45) is 0 Å². The number of hydrogen-bond donors (Lipinski definition) is 2. The third-order valence-electron chi connectivity index (χ3n) is 4.19. The molecule has 0 unspecified atom stereocenters. The Morgan fingerprint density at radius 1 is 1.22 bits per heavy atom. The smallest absolute Gasteiger partial charge is 0.339 e. The summed E-state index contributed by atoms with van der Waals surface area (Å²) in [6.07, 6.45) is 2.01. The first-order valence-corrected chi connectivity index (χ1v) is 7.74. The number of aryl methyl sites for hydroxylation is 1. The van der Waals surface area contributed by atoms with Crippen LogP contribution < -0.4 is 5.32 Å². The fourth-order valence-corrected chi connectivity index (χ4v) is 2.93. The topological polar surface area (TPSA) is 91.5 Å². The molecule has 0 saturated carbocycles. The molecule has 0 spiro atoms. The third kappa shape index (κ3) is 3.38. The molecule has 1 aromatic heterocycles. The first-order valence-electron chi connectivity index (χ1n) is 7.74. The van der Waals surface area contributed by atoms with E-state index in [0.29, 0.717) is 16.8 Å². The standard InChI is InChI=1S/C16H23N3O4/c1-9-12(16(22)23-4)10(2)17-13(9)14(20)18-11(3)15(21)19-7-5-6-8-19/h11,17H,5-8H2,1-4H3,(H,18,20)/t11-/m1/s1. The molecule has 2 rings (SSSR count). The molecule has 1 aromatic rings. The van der Waals surface area contributed by atoms with Crippen LogP contribution in [0.3, 0.4) is 0 Å². The van der Waals surface area contributed by atoms with Gasteiger partial charge in [0.25, 0.3) is 5.91 Å². The zero-order valence-corrected chi connectivity index (χ0v) is 14.0. The zero-order chi connectivity index (χ0) is 17.1. The van der Waals surface area contributed by atoms with E-state index in [0.717, 1.165) is 25.9 Å². The van der Waals surface area contributed by atoms with Gasteiger partial charge < -0.3 is 19.9 Å². The number of amides is 2. The Morgan fingerprint density at radius 2 is 1.83 bits per heavy atom. The van der Waals surface area contributed by atoms with Crippen LogP contribution in [0.1, 0.15) is 51.9 Å². The van der Waals surface area contributed by atoms with Gasteiger partial charge in [0, 0.05) is 18.8 Å². The number of hydrogen-bond acceptors (Lipinski definition) is 4. The predicted molar refractivity (Wildman–Crippen MR) is 84.3 cm³/mol. The van der Waals surface area contributed by atoms with Crippen LogP contribution in [0.4, 0.5) is 0 Å². The lowest BCUT2D eigenvalue weighted by Gasteiger charge is -2.21. The van der Waals surface area contributed by atoms with E-state index in [-0.39, 0.29) is 11.6 Å². The molecule has 23 heavy (non-hydrogen) atoms. The second-order valence-electron chi connectivity index (χ2n) is 5.84. The molecule has 7 nitrogen and oxygen atoms in total. The Balaban J connectivity index is 2.11. The van der Waals surface area contributed by atoms with E-state index >= 15 is 0 Å². The van der Waals surface area contributed by atoms with Crippen molar-refractivity contribution in [3.8, 4) is 0 Å². The van der Waals surface area contributed by atoms with Crippen LogP contribution in [-0.4, -0.2) is 53.9 Å². The largest absolute Gasteiger partial charge is 0.465 e. The molecule has 2 heterocycles. The van der Waals surface area contributed by atoms with Crippen molar-refractivity contribution in [2.45, 2.75) is 39.7 Å². The number of aromatic nitrogens is 1. The average molecular weight is 321 g/mol. The van der Waals surface area contributed by atoms with E-state index in [2.05, 4.69) is 10.3 Å². The van der Waals surface area contributed by atoms with Gasteiger partial charge >= 0.3 is 5.97 Å². The van der Waals surface area contributed by atoms with Crippen LogP contribution >= 0.6 is 0 Å². The monoisotopic (exact) mass is 321 g/mol. The summed E-state index contributed by atoms with van der Waals surface area (Å²) in [5.74, 6) is -0.970. The van der Waals surface area contributed by atoms with Gasteiger partial charge in [0.15, 0.2) is 0 Å². The molecule has 0 aromatic carbocycles. The number of ether oxygens (including phenoxy) is 1. The van der Waals surface area contributed by atoms with Crippen molar-refractivity contribution in [2.75, 3.05) is 20.2 Å². The van der Waals surface area contributed by atoms with Crippen LogP contribution in [0.2, 0.25) is 0 Å². The quantitative estimate of drug-likeness (QED) is 0.814. The van der Waals surface area contributed by atoms with Crippen LogP contribution in [0, 0.1) is 13.8 Å². The molecule has 1 saturated heterocycles. The molecule has 1 fully saturated rings. The number of methoxy groups -OCH3 is 1. The van der Waals surface area contributed by atoms with Gasteiger partial charge in [0.1, 0.15) is 11.7 Å². The van der Waals surface area contributed by atoms with Gasteiger partial charge in [0.2, 0.25) is 5.91 Å². The van der Waals surface area contributed by atoms with Crippen molar-refractivity contribution >= 4 is 17.8 Å². The van der Waals surface area contributed by atoms with Crippen LogP contribution in [-0.2, 0) is 9.53 Å². The fourth-order valence-electron chi connectivity index (χ4n) is 2.93. The Morgan fingerprint density at radius 3 is 2.39 bits per heavy atom. The summed E-state index contributed by atoms with van der Waals surface area (Å²) in [4.78, 5) is 41.1. The maximum atomic E-state index is 12.4. The number of nitrogens with one attached hydrogen (secondary N) is 2. The van der Waals surface area contributed by atoms with Crippen LogP contribution in [0.5, 0.6) is 0 Å². The Bertz CT molecular complexity index is 630. The van der Waals surface area contributed by atoms with Crippen LogP contribution in [0.25, 0.3) is 0 Å². The summed E-state index contributed by atoms with van der Waals surface area (Å²) in [6.45, 7) is 6.54. The number of nitrogens with zero attached hydrogens (tertiary/aromatic N) is 1. The normalized spacial score (nSPS) is 15.4. The second kappa shape index (κ2) is 6.85. The Hall–Kier alpha value is -2.31. The van der Waals surface area contributed by atoms with Gasteiger partial charge in [-0.25, -0.2) is 4.79 Å². The van der Waals surface area contributed by atoms with Gasteiger partial charge in [-0.05, 0) is 39.2 Å².